The number of hydrazone groups is 1. The second kappa shape index (κ2) is 7.14. The zero-order valence-electron chi connectivity index (χ0n) is 11.8. The maximum Gasteiger partial charge on any atom is 0.310 e. The van der Waals surface area contributed by atoms with Crippen LogP contribution in [0.3, 0.4) is 0 Å². The lowest BCUT2D eigenvalue weighted by molar-refractivity contribution is -0.385. The first-order chi connectivity index (χ1) is 11.0. The Morgan fingerprint density at radius 3 is 2.57 bits per heavy atom. The van der Waals surface area contributed by atoms with Crippen LogP contribution in [-0.4, -0.2) is 27.3 Å². The van der Waals surface area contributed by atoms with Gasteiger partial charge in [0.25, 0.3) is 5.91 Å². The topological polar surface area (TPSA) is 125 Å². The molecular formula is C15H13N3O5. The highest BCUT2D eigenvalue weighted by atomic mass is 16.6. The molecule has 23 heavy (non-hydrogen) atoms. The number of nitrogens with zero attached hydrogens (tertiary/aromatic N) is 2. The van der Waals surface area contributed by atoms with Gasteiger partial charge in [-0.25, -0.2) is 5.43 Å². The smallest absolute Gasteiger partial charge is 0.310 e. The van der Waals surface area contributed by atoms with Crippen LogP contribution in [0.2, 0.25) is 0 Å². The number of amides is 1. The summed E-state index contributed by atoms with van der Waals surface area (Å²) in [6, 6.07) is 12.0. The monoisotopic (exact) mass is 315 g/mol. The van der Waals surface area contributed by atoms with E-state index in [2.05, 4.69) is 10.5 Å². The Balaban J connectivity index is 2.00. The molecule has 1 unspecified atom stereocenters. The van der Waals surface area contributed by atoms with Crippen molar-refractivity contribution in [1.82, 2.24) is 5.43 Å². The van der Waals surface area contributed by atoms with Gasteiger partial charge >= 0.3 is 5.69 Å². The highest BCUT2D eigenvalue weighted by molar-refractivity contribution is 5.85. The Morgan fingerprint density at radius 2 is 1.96 bits per heavy atom. The molecule has 0 radical (unpaired) electrons. The molecule has 0 aliphatic rings. The van der Waals surface area contributed by atoms with Crippen molar-refractivity contribution >= 4 is 17.8 Å². The largest absolute Gasteiger partial charge is 0.502 e. The number of nitro groups is 1. The quantitative estimate of drug-likeness (QED) is 0.438. The van der Waals surface area contributed by atoms with Gasteiger partial charge in [-0.3, -0.25) is 14.9 Å². The molecule has 2 aromatic carbocycles. The molecule has 0 saturated carbocycles. The maximum absolute atomic E-state index is 11.7. The molecule has 0 spiro atoms. The van der Waals surface area contributed by atoms with E-state index in [4.69, 9.17) is 0 Å². The van der Waals surface area contributed by atoms with Gasteiger partial charge in [0.15, 0.2) is 11.9 Å². The Hall–Kier alpha value is -3.26. The van der Waals surface area contributed by atoms with Gasteiger partial charge in [0.1, 0.15) is 0 Å². The molecule has 3 N–H and O–H groups in total. The number of benzene rings is 2. The van der Waals surface area contributed by atoms with E-state index in [0.717, 1.165) is 12.1 Å². The van der Waals surface area contributed by atoms with Crippen molar-refractivity contribution in [2.45, 2.75) is 6.10 Å². The number of hydrogen-bond donors (Lipinski definition) is 3. The van der Waals surface area contributed by atoms with Crippen molar-refractivity contribution < 1.29 is 19.9 Å². The molecular weight excluding hydrogens is 302 g/mol. The van der Waals surface area contributed by atoms with Crippen molar-refractivity contribution in [3.8, 4) is 5.75 Å². The minimum absolute atomic E-state index is 0.350. The molecule has 8 heteroatoms. The van der Waals surface area contributed by atoms with Gasteiger partial charge in [-0.15, -0.1) is 0 Å². The third kappa shape index (κ3) is 4.11. The van der Waals surface area contributed by atoms with Crippen molar-refractivity contribution in [3.63, 3.8) is 0 Å². The number of nitro benzene ring substituents is 1. The summed E-state index contributed by atoms with van der Waals surface area (Å²) in [5, 5.41) is 33.5. The summed E-state index contributed by atoms with van der Waals surface area (Å²) < 4.78 is 0. The molecule has 118 valence electrons. The second-order valence-corrected chi connectivity index (χ2v) is 4.55. The summed E-state index contributed by atoms with van der Waals surface area (Å²) in [6.07, 6.45) is -0.169. The molecule has 0 aliphatic heterocycles. The van der Waals surface area contributed by atoms with Gasteiger partial charge in [-0.05, 0) is 23.3 Å². The zero-order valence-corrected chi connectivity index (χ0v) is 11.8. The number of phenols is 1. The first-order valence-electron chi connectivity index (χ1n) is 6.52. The van der Waals surface area contributed by atoms with E-state index in [1.165, 1.54) is 12.3 Å². The standard InChI is InChI=1S/C15H13N3O5/c19-13-8-10(6-7-12(13)18(22)23)9-16-17-15(21)14(20)11-4-2-1-3-5-11/h1-9,14,19-20H,(H,17,21). The van der Waals surface area contributed by atoms with Crippen LogP contribution in [0.4, 0.5) is 5.69 Å². The summed E-state index contributed by atoms with van der Waals surface area (Å²) in [6.45, 7) is 0. The van der Waals surface area contributed by atoms with Crippen LogP contribution in [-0.2, 0) is 4.79 Å². The predicted octanol–water partition coefficient (Wildman–Crippen LogP) is 1.48. The number of phenolic OH excluding ortho intramolecular Hbond substituents is 1. The summed E-state index contributed by atoms with van der Waals surface area (Å²) in [5.74, 6) is -1.23. The minimum Gasteiger partial charge on any atom is -0.502 e. The summed E-state index contributed by atoms with van der Waals surface area (Å²) in [4.78, 5) is 21.6. The Kier molecular flexibility index (Phi) is 5.00. The van der Waals surface area contributed by atoms with E-state index < -0.39 is 28.4 Å². The number of aliphatic hydroxyl groups excluding tert-OH is 1. The van der Waals surface area contributed by atoms with Crippen LogP contribution >= 0.6 is 0 Å². The summed E-state index contributed by atoms with van der Waals surface area (Å²) in [7, 11) is 0. The molecule has 0 aromatic heterocycles. The van der Waals surface area contributed by atoms with Gasteiger partial charge < -0.3 is 10.2 Å². The van der Waals surface area contributed by atoms with Crippen LogP contribution in [0.25, 0.3) is 0 Å². The minimum atomic E-state index is -1.36. The van der Waals surface area contributed by atoms with Gasteiger partial charge in [0, 0.05) is 6.07 Å². The average Bonchev–Trinajstić information content (AvgIpc) is 2.54. The van der Waals surface area contributed by atoms with E-state index in [1.807, 2.05) is 0 Å². The molecule has 1 atom stereocenters. The van der Waals surface area contributed by atoms with Crippen LogP contribution < -0.4 is 5.43 Å². The Morgan fingerprint density at radius 1 is 1.26 bits per heavy atom. The summed E-state index contributed by atoms with van der Waals surface area (Å²) in [5.41, 5.74) is 2.50. The number of rotatable bonds is 5. The lowest BCUT2D eigenvalue weighted by Gasteiger charge is -2.08. The van der Waals surface area contributed by atoms with E-state index >= 15 is 0 Å². The zero-order chi connectivity index (χ0) is 16.8. The van der Waals surface area contributed by atoms with Crippen molar-refractivity contribution in [2.75, 3.05) is 0 Å². The molecule has 0 heterocycles. The fourth-order valence-electron chi connectivity index (χ4n) is 1.79. The van der Waals surface area contributed by atoms with Gasteiger partial charge in [-0.2, -0.15) is 5.10 Å². The van der Waals surface area contributed by atoms with Gasteiger partial charge in [-0.1, -0.05) is 30.3 Å². The highest BCUT2D eigenvalue weighted by Gasteiger charge is 2.16. The molecule has 0 aliphatic carbocycles. The highest BCUT2D eigenvalue weighted by Crippen LogP contribution is 2.25. The predicted molar refractivity (Wildman–Crippen MR) is 81.9 cm³/mol. The molecule has 2 rings (SSSR count). The van der Waals surface area contributed by atoms with Crippen LogP contribution in [0.1, 0.15) is 17.2 Å². The first-order valence-corrected chi connectivity index (χ1v) is 6.52. The van der Waals surface area contributed by atoms with Crippen molar-refractivity contribution in [2.24, 2.45) is 5.10 Å². The molecule has 2 aromatic rings. The van der Waals surface area contributed by atoms with Crippen molar-refractivity contribution in [1.29, 1.82) is 0 Å². The molecule has 0 fully saturated rings. The average molecular weight is 315 g/mol. The van der Waals surface area contributed by atoms with E-state index in [1.54, 1.807) is 30.3 Å². The maximum atomic E-state index is 11.7. The van der Waals surface area contributed by atoms with Crippen LogP contribution in [0, 0.1) is 10.1 Å². The fourth-order valence-corrected chi connectivity index (χ4v) is 1.79. The van der Waals surface area contributed by atoms with Gasteiger partial charge in [0.2, 0.25) is 0 Å². The Bertz CT molecular complexity index is 746. The van der Waals surface area contributed by atoms with E-state index in [9.17, 15) is 25.1 Å². The lowest BCUT2D eigenvalue weighted by Crippen LogP contribution is -2.25. The Labute approximate surface area is 130 Å². The summed E-state index contributed by atoms with van der Waals surface area (Å²) >= 11 is 0. The van der Waals surface area contributed by atoms with Gasteiger partial charge in [0.05, 0.1) is 11.1 Å². The number of carbonyl (C=O) groups excluding carboxylic acids is 1. The number of nitrogens with one attached hydrogen (secondary N) is 1. The number of hydrogen-bond acceptors (Lipinski definition) is 6. The third-order valence-electron chi connectivity index (χ3n) is 2.95. The van der Waals surface area contributed by atoms with E-state index in [-0.39, 0.29) is 0 Å². The third-order valence-corrected chi connectivity index (χ3v) is 2.95. The second-order valence-electron chi connectivity index (χ2n) is 4.55. The lowest BCUT2D eigenvalue weighted by atomic mass is 10.1. The number of aromatic hydroxyl groups is 1. The molecule has 8 nitrogen and oxygen atoms in total. The van der Waals surface area contributed by atoms with Crippen LogP contribution in [0.5, 0.6) is 5.75 Å². The SMILES string of the molecule is O=C(NN=Cc1ccc([N+](=O)[O-])c(O)c1)C(O)c1ccccc1. The molecule has 0 bridgehead atoms. The van der Waals surface area contributed by atoms with E-state index in [0.29, 0.717) is 11.1 Å². The fraction of sp³-hybridized carbons (Fsp3) is 0.0667. The molecule has 1 amide bonds. The number of aliphatic hydroxyl groups is 1. The van der Waals surface area contributed by atoms with Crippen molar-refractivity contribution in [3.05, 3.63) is 69.8 Å². The molecule has 0 saturated heterocycles. The number of carbonyl (C=O) groups is 1. The normalized spacial score (nSPS) is 12.0. The van der Waals surface area contributed by atoms with Crippen LogP contribution in [0.15, 0.2) is 53.6 Å². The first kappa shape index (κ1) is 16.1.